The molecule has 8 nitrogen and oxygen atoms in total. The highest BCUT2D eigenvalue weighted by molar-refractivity contribution is 7.99. The largest absolute Gasteiger partial charge is 0.414 e. The van der Waals surface area contributed by atoms with E-state index in [1.165, 1.54) is 4.90 Å². The number of thioether (sulfide) groups is 1. The monoisotopic (exact) mass is 431 g/mol. The van der Waals surface area contributed by atoms with E-state index in [1.807, 2.05) is 12.1 Å². The number of nitrogens with one attached hydrogen (secondary N) is 1. The van der Waals surface area contributed by atoms with Crippen LogP contribution in [-0.2, 0) is 0 Å². The van der Waals surface area contributed by atoms with Crippen LogP contribution in [0.4, 0.5) is 5.82 Å². The van der Waals surface area contributed by atoms with Crippen molar-refractivity contribution in [1.29, 1.82) is 5.41 Å². The van der Waals surface area contributed by atoms with Crippen LogP contribution in [0.5, 0.6) is 0 Å². The Labute approximate surface area is 183 Å². The highest BCUT2D eigenvalue weighted by Crippen LogP contribution is 2.29. The van der Waals surface area contributed by atoms with Crippen molar-refractivity contribution in [2.24, 2.45) is 5.73 Å². The molecule has 9 heteroatoms. The zero-order valence-electron chi connectivity index (χ0n) is 17.0. The molecule has 0 saturated carbocycles. The third kappa shape index (κ3) is 4.56. The van der Waals surface area contributed by atoms with Gasteiger partial charge in [0.2, 0.25) is 5.89 Å². The number of nitrogens with zero attached hydrogens (tertiary/aromatic N) is 4. The minimum absolute atomic E-state index is 0.00605. The lowest BCUT2D eigenvalue weighted by Gasteiger charge is -2.07. The smallest absolute Gasteiger partial charge is 0.270 e. The SMILES string of the molecule is CC(C)Sc1ccc(-c2cnc(N)c(-c3nnc(-c4ccc(C(=N)N)cc4)o3)n2)cc1. The van der Waals surface area contributed by atoms with Crippen LogP contribution in [0.2, 0.25) is 0 Å². The Bertz CT molecular complexity index is 1220. The van der Waals surface area contributed by atoms with Gasteiger partial charge in [-0.05, 0) is 24.3 Å². The van der Waals surface area contributed by atoms with Crippen molar-refractivity contribution in [2.45, 2.75) is 24.0 Å². The van der Waals surface area contributed by atoms with Crippen LogP contribution in [0, 0.1) is 5.41 Å². The van der Waals surface area contributed by atoms with Crippen LogP contribution in [0.15, 0.2) is 64.0 Å². The Hall–Kier alpha value is -3.72. The van der Waals surface area contributed by atoms with E-state index in [4.69, 9.17) is 21.3 Å². The number of nitrogen functional groups attached to an aromatic ring is 2. The van der Waals surface area contributed by atoms with Crippen LogP contribution >= 0.6 is 11.8 Å². The van der Waals surface area contributed by atoms with Gasteiger partial charge < -0.3 is 15.9 Å². The molecule has 2 aromatic carbocycles. The molecule has 0 bridgehead atoms. The van der Waals surface area contributed by atoms with Gasteiger partial charge in [-0.1, -0.05) is 38.1 Å². The summed E-state index contributed by atoms with van der Waals surface area (Å²) in [4.78, 5) is 10.1. The predicted molar refractivity (Wildman–Crippen MR) is 123 cm³/mol. The predicted octanol–water partition coefficient (Wildman–Crippen LogP) is 4.23. The van der Waals surface area contributed by atoms with Gasteiger partial charge in [0.25, 0.3) is 5.89 Å². The molecule has 0 saturated heterocycles. The maximum absolute atomic E-state index is 7.48. The van der Waals surface area contributed by atoms with E-state index in [0.29, 0.717) is 33.7 Å². The van der Waals surface area contributed by atoms with Crippen LogP contribution in [0.1, 0.15) is 19.4 Å². The zero-order valence-corrected chi connectivity index (χ0v) is 17.9. The van der Waals surface area contributed by atoms with Gasteiger partial charge in [0.05, 0.1) is 11.9 Å². The molecule has 5 N–H and O–H groups in total. The van der Waals surface area contributed by atoms with Gasteiger partial charge in [-0.3, -0.25) is 5.41 Å². The first kappa shape index (κ1) is 20.5. The van der Waals surface area contributed by atoms with Crippen molar-refractivity contribution >= 4 is 23.4 Å². The van der Waals surface area contributed by atoms with E-state index in [9.17, 15) is 0 Å². The minimum atomic E-state index is -0.00605. The molecule has 0 amide bonds. The molecule has 4 rings (SSSR count). The van der Waals surface area contributed by atoms with Crippen LogP contribution in [-0.4, -0.2) is 31.3 Å². The van der Waals surface area contributed by atoms with Gasteiger partial charge in [0.1, 0.15) is 5.84 Å². The van der Waals surface area contributed by atoms with Gasteiger partial charge in [0, 0.05) is 26.8 Å². The molecule has 0 spiro atoms. The van der Waals surface area contributed by atoms with Crippen molar-refractivity contribution in [3.05, 3.63) is 60.3 Å². The standard InChI is InChI=1S/C22H21N7OS/c1-12(2)31-16-9-7-13(8-10-16)17-11-26-20(25)18(27-17)22-29-28-21(30-22)15-5-3-14(4-6-15)19(23)24/h3-12H,1-2H3,(H3,23,24)(H2,25,26). The van der Waals surface area contributed by atoms with Crippen molar-refractivity contribution in [3.8, 4) is 34.3 Å². The Balaban J connectivity index is 1.62. The van der Waals surface area contributed by atoms with Gasteiger partial charge in [-0.15, -0.1) is 22.0 Å². The summed E-state index contributed by atoms with van der Waals surface area (Å²) in [5, 5.41) is 16.2. The molecule has 0 atom stereocenters. The average Bonchev–Trinajstić information content (AvgIpc) is 3.24. The van der Waals surface area contributed by atoms with E-state index in [-0.39, 0.29) is 17.5 Å². The average molecular weight is 432 g/mol. The van der Waals surface area contributed by atoms with Crippen molar-refractivity contribution in [3.63, 3.8) is 0 Å². The Morgan fingerprint density at radius 2 is 1.61 bits per heavy atom. The molecule has 0 unspecified atom stereocenters. The lowest BCUT2D eigenvalue weighted by Crippen LogP contribution is -2.10. The van der Waals surface area contributed by atoms with Crippen molar-refractivity contribution in [2.75, 3.05) is 5.73 Å². The third-order valence-electron chi connectivity index (χ3n) is 4.39. The van der Waals surface area contributed by atoms with E-state index in [1.54, 1.807) is 42.2 Å². The summed E-state index contributed by atoms with van der Waals surface area (Å²) in [6, 6.07) is 15.1. The second-order valence-electron chi connectivity index (χ2n) is 7.08. The van der Waals surface area contributed by atoms with Gasteiger partial charge in [-0.2, -0.15) is 0 Å². The molecule has 0 aliphatic rings. The first-order valence-electron chi connectivity index (χ1n) is 9.59. The lowest BCUT2D eigenvalue weighted by atomic mass is 10.1. The summed E-state index contributed by atoms with van der Waals surface area (Å²) in [6.07, 6.45) is 1.63. The number of anilines is 1. The first-order valence-corrected chi connectivity index (χ1v) is 10.5. The van der Waals surface area contributed by atoms with Crippen molar-refractivity contribution in [1.82, 2.24) is 20.2 Å². The zero-order chi connectivity index (χ0) is 22.0. The number of aromatic nitrogens is 4. The highest BCUT2D eigenvalue weighted by Gasteiger charge is 2.17. The fourth-order valence-corrected chi connectivity index (χ4v) is 3.74. The van der Waals surface area contributed by atoms with E-state index < -0.39 is 0 Å². The second-order valence-corrected chi connectivity index (χ2v) is 8.73. The molecule has 0 radical (unpaired) electrons. The topological polar surface area (TPSA) is 141 Å². The van der Waals surface area contributed by atoms with E-state index in [2.05, 4.69) is 46.1 Å². The maximum Gasteiger partial charge on any atom is 0.270 e. The summed E-state index contributed by atoms with van der Waals surface area (Å²) >= 11 is 1.80. The summed E-state index contributed by atoms with van der Waals surface area (Å²) in [7, 11) is 0. The van der Waals surface area contributed by atoms with E-state index in [0.717, 1.165) is 5.56 Å². The summed E-state index contributed by atoms with van der Waals surface area (Å²) < 4.78 is 5.80. The van der Waals surface area contributed by atoms with Crippen LogP contribution < -0.4 is 11.5 Å². The van der Waals surface area contributed by atoms with Crippen molar-refractivity contribution < 1.29 is 4.42 Å². The first-order chi connectivity index (χ1) is 14.9. The van der Waals surface area contributed by atoms with Gasteiger partial charge in [0.15, 0.2) is 11.5 Å². The second kappa shape index (κ2) is 8.57. The molecule has 0 fully saturated rings. The van der Waals surface area contributed by atoms with Crippen LogP contribution in [0.25, 0.3) is 34.3 Å². The Morgan fingerprint density at radius 1 is 0.968 bits per heavy atom. The molecule has 2 heterocycles. The fourth-order valence-electron chi connectivity index (χ4n) is 2.90. The number of amidine groups is 1. The van der Waals surface area contributed by atoms with Gasteiger partial charge >= 0.3 is 0 Å². The molecule has 0 aliphatic heterocycles. The molecule has 0 aliphatic carbocycles. The summed E-state index contributed by atoms with van der Waals surface area (Å²) in [6.45, 7) is 4.32. The number of rotatable bonds is 6. The normalized spacial score (nSPS) is 11.1. The highest BCUT2D eigenvalue weighted by atomic mass is 32.2. The molecular weight excluding hydrogens is 410 g/mol. The number of hydrogen-bond acceptors (Lipinski definition) is 8. The van der Waals surface area contributed by atoms with Gasteiger partial charge in [-0.25, -0.2) is 9.97 Å². The molecule has 2 aromatic heterocycles. The number of benzene rings is 2. The molecule has 4 aromatic rings. The summed E-state index contributed by atoms with van der Waals surface area (Å²) in [5.41, 5.74) is 14.8. The Morgan fingerprint density at radius 3 is 2.26 bits per heavy atom. The summed E-state index contributed by atoms with van der Waals surface area (Å²) in [5.74, 6) is 0.697. The van der Waals surface area contributed by atoms with Crippen LogP contribution in [0.3, 0.4) is 0 Å². The number of hydrogen-bond donors (Lipinski definition) is 3. The fraction of sp³-hybridized carbons (Fsp3) is 0.136. The lowest BCUT2D eigenvalue weighted by molar-refractivity contribution is 0.582. The quantitative estimate of drug-likeness (QED) is 0.234. The van der Waals surface area contributed by atoms with E-state index >= 15 is 0 Å². The number of nitrogens with two attached hydrogens (primary N) is 2. The minimum Gasteiger partial charge on any atom is -0.414 e. The third-order valence-corrected chi connectivity index (χ3v) is 5.41. The Kier molecular flexibility index (Phi) is 5.68. The molecular formula is C22H21N7OS. The maximum atomic E-state index is 7.48. The molecule has 156 valence electrons. The molecule has 31 heavy (non-hydrogen) atoms.